The fraction of sp³-hybridized carbons (Fsp3) is 0. The van der Waals surface area contributed by atoms with Crippen LogP contribution in [0.5, 0.6) is 0 Å². The first-order chi connectivity index (χ1) is 8.90. The Morgan fingerprint density at radius 2 is 2.22 bits per heavy atom. The van der Waals surface area contributed by atoms with E-state index >= 15 is 0 Å². The Kier molecular flexibility index (Phi) is 2.00. The molecule has 84 valence electrons. The largest absolute Gasteiger partial charge is 0.263 e. The number of rotatable bonds is 0. The summed E-state index contributed by atoms with van der Waals surface area (Å²) in [5.74, 6) is 0. The second kappa shape index (κ2) is 3.67. The van der Waals surface area contributed by atoms with Gasteiger partial charge in [0.25, 0.3) is 0 Å². The zero-order chi connectivity index (χ0) is 11.9. The number of hydrogen-bond acceptors (Lipinski definition) is 4. The second-order valence-corrected chi connectivity index (χ2v) is 5.11. The molecule has 1 aromatic carbocycles. The van der Waals surface area contributed by atoms with Gasteiger partial charge in [0.1, 0.15) is 6.33 Å². The Morgan fingerprint density at radius 1 is 1.22 bits per heavy atom. The van der Waals surface area contributed by atoms with Crippen molar-refractivity contribution in [2.75, 3.05) is 0 Å². The lowest BCUT2D eigenvalue weighted by Gasteiger charge is -2.13. The molecule has 0 N–H and O–H groups in total. The van der Waals surface area contributed by atoms with E-state index in [2.05, 4.69) is 32.8 Å². The van der Waals surface area contributed by atoms with Crippen LogP contribution in [0.4, 0.5) is 0 Å². The molecule has 18 heavy (non-hydrogen) atoms. The molecule has 0 radical (unpaired) electrons. The predicted molar refractivity (Wildman–Crippen MR) is 73.5 cm³/mol. The quantitative estimate of drug-likeness (QED) is 0.673. The summed E-state index contributed by atoms with van der Waals surface area (Å²) in [5, 5.41) is 1.06. The van der Waals surface area contributed by atoms with Crippen LogP contribution < -0.4 is 0 Å². The Balaban J connectivity index is 2.05. The smallest absolute Gasteiger partial charge is 0.116 e. The molecule has 2 aromatic rings. The fourth-order valence-corrected chi connectivity index (χ4v) is 3.04. The lowest BCUT2D eigenvalue weighted by atomic mass is 10.0. The maximum atomic E-state index is 4.29. The summed E-state index contributed by atoms with van der Waals surface area (Å²) in [6, 6.07) is 4.22. The third-order valence-electron chi connectivity index (χ3n) is 2.89. The molecule has 4 heteroatoms. The molecule has 4 rings (SSSR count). The fourth-order valence-electron chi connectivity index (χ4n) is 2.07. The molecular formula is C14H7N3S. The van der Waals surface area contributed by atoms with E-state index in [9.17, 15) is 0 Å². The predicted octanol–water partition coefficient (Wildman–Crippen LogP) is 3.20. The van der Waals surface area contributed by atoms with Gasteiger partial charge in [0.05, 0.1) is 10.4 Å². The van der Waals surface area contributed by atoms with Gasteiger partial charge in [0.15, 0.2) is 0 Å². The van der Waals surface area contributed by atoms with Gasteiger partial charge in [-0.1, -0.05) is 17.5 Å². The van der Waals surface area contributed by atoms with Crippen LogP contribution in [0, 0.1) is 0 Å². The average molecular weight is 249 g/mol. The molecule has 2 aliphatic rings. The molecule has 1 aromatic heterocycles. The van der Waals surface area contributed by atoms with E-state index < -0.39 is 0 Å². The Labute approximate surface area is 108 Å². The Bertz CT molecular complexity index is 796. The van der Waals surface area contributed by atoms with Crippen molar-refractivity contribution in [1.29, 1.82) is 0 Å². The number of hydrogen-bond donors (Lipinski definition) is 0. The zero-order valence-corrected chi connectivity index (χ0v) is 10.1. The van der Waals surface area contributed by atoms with Crippen LogP contribution in [0.25, 0.3) is 16.5 Å². The summed E-state index contributed by atoms with van der Waals surface area (Å²) < 4.78 is 0. The number of aromatic nitrogens is 2. The van der Waals surface area contributed by atoms with Crippen molar-refractivity contribution in [3.8, 4) is 0 Å². The summed E-state index contributed by atoms with van der Waals surface area (Å²) in [6.45, 7) is 0. The van der Waals surface area contributed by atoms with Crippen LogP contribution in [0.2, 0.25) is 0 Å². The number of allylic oxidation sites excluding steroid dienone is 2. The van der Waals surface area contributed by atoms with Crippen LogP contribution in [0.1, 0.15) is 5.56 Å². The zero-order valence-electron chi connectivity index (χ0n) is 9.29. The summed E-state index contributed by atoms with van der Waals surface area (Å²) in [5.41, 5.74) is 6.54. The Morgan fingerprint density at radius 3 is 3.22 bits per heavy atom. The first-order valence-corrected chi connectivity index (χ1v) is 6.34. The second-order valence-electron chi connectivity index (χ2n) is 4.03. The van der Waals surface area contributed by atoms with Crippen LogP contribution >= 0.6 is 11.8 Å². The molecule has 2 bridgehead atoms. The van der Waals surface area contributed by atoms with Crippen molar-refractivity contribution in [1.82, 2.24) is 9.97 Å². The standard InChI is InChI=1S/C14H7N3S/c1-2-15-7-11-3-9(1)12-5-13-10(4-14(12)18-11)6-16-8-17-13/h1-2,4-8H. The highest BCUT2D eigenvalue weighted by Gasteiger charge is 2.15. The van der Waals surface area contributed by atoms with E-state index in [1.54, 1.807) is 24.3 Å². The number of fused-ring (bicyclic) bond motifs is 3. The summed E-state index contributed by atoms with van der Waals surface area (Å²) in [6.07, 6.45) is 9.04. The van der Waals surface area contributed by atoms with Crippen LogP contribution in [0.15, 0.2) is 57.5 Å². The number of aliphatic imine (C=N–C) groups is 1. The lowest BCUT2D eigenvalue weighted by Crippen LogP contribution is -1.93. The molecule has 0 aliphatic carbocycles. The van der Waals surface area contributed by atoms with E-state index in [-0.39, 0.29) is 0 Å². The molecule has 0 saturated heterocycles. The van der Waals surface area contributed by atoms with Gasteiger partial charge in [-0.05, 0) is 18.2 Å². The average Bonchev–Trinajstić information content (AvgIpc) is 2.60. The molecule has 0 saturated carbocycles. The Hall–Kier alpha value is -2.16. The van der Waals surface area contributed by atoms with Gasteiger partial charge in [-0.3, -0.25) is 4.99 Å². The molecule has 0 amide bonds. The normalized spacial score (nSPS) is 16.0. The number of thioether (sulfide) groups is 1. The van der Waals surface area contributed by atoms with E-state index in [1.807, 2.05) is 18.5 Å². The van der Waals surface area contributed by atoms with Gasteiger partial charge < -0.3 is 0 Å². The van der Waals surface area contributed by atoms with Gasteiger partial charge in [0, 0.05) is 40.0 Å². The van der Waals surface area contributed by atoms with Crippen molar-refractivity contribution in [3.05, 3.63) is 53.1 Å². The minimum absolute atomic E-state index is 0.959. The summed E-state index contributed by atoms with van der Waals surface area (Å²) in [4.78, 5) is 14.8. The highest BCUT2D eigenvalue weighted by atomic mass is 32.2. The monoisotopic (exact) mass is 249 g/mol. The molecule has 0 atom stereocenters. The van der Waals surface area contributed by atoms with Gasteiger partial charge in [-0.2, -0.15) is 0 Å². The molecule has 3 nitrogen and oxygen atoms in total. The van der Waals surface area contributed by atoms with E-state index in [1.165, 1.54) is 4.90 Å². The van der Waals surface area contributed by atoms with Gasteiger partial charge in [-0.15, -0.1) is 0 Å². The summed E-state index contributed by atoms with van der Waals surface area (Å²) in [7, 11) is 0. The van der Waals surface area contributed by atoms with Gasteiger partial charge in [0.2, 0.25) is 0 Å². The number of benzene rings is 1. The van der Waals surface area contributed by atoms with Crippen molar-refractivity contribution >= 4 is 34.5 Å². The molecular weight excluding hydrogens is 242 g/mol. The van der Waals surface area contributed by atoms with Crippen molar-refractivity contribution in [2.45, 2.75) is 4.90 Å². The van der Waals surface area contributed by atoms with Crippen molar-refractivity contribution in [2.24, 2.45) is 4.99 Å². The van der Waals surface area contributed by atoms with Gasteiger partial charge in [-0.25, -0.2) is 9.97 Å². The maximum Gasteiger partial charge on any atom is 0.116 e. The van der Waals surface area contributed by atoms with E-state index in [0.29, 0.717) is 0 Å². The topological polar surface area (TPSA) is 38.1 Å². The summed E-state index contributed by atoms with van der Waals surface area (Å²) >= 11 is 1.68. The molecule has 0 fully saturated rings. The molecule has 0 unspecified atom stereocenters. The van der Waals surface area contributed by atoms with Crippen molar-refractivity contribution in [3.63, 3.8) is 0 Å². The highest BCUT2D eigenvalue weighted by Crippen LogP contribution is 2.39. The highest BCUT2D eigenvalue weighted by molar-refractivity contribution is 8.04. The van der Waals surface area contributed by atoms with E-state index in [0.717, 1.165) is 26.9 Å². The van der Waals surface area contributed by atoms with Crippen LogP contribution in [-0.2, 0) is 0 Å². The van der Waals surface area contributed by atoms with E-state index in [4.69, 9.17) is 0 Å². The van der Waals surface area contributed by atoms with Crippen LogP contribution in [-0.4, -0.2) is 16.2 Å². The minimum atomic E-state index is 0.959. The number of nitrogens with zero attached hydrogens (tertiary/aromatic N) is 3. The SMILES string of the molecule is C1=C2C=NC=CC=1c1cc3ncncc3cc1S2. The third-order valence-corrected chi connectivity index (χ3v) is 3.88. The molecule has 2 aliphatic heterocycles. The molecule has 3 heterocycles. The molecule has 0 spiro atoms. The van der Waals surface area contributed by atoms with Gasteiger partial charge >= 0.3 is 0 Å². The van der Waals surface area contributed by atoms with Crippen LogP contribution in [0.3, 0.4) is 0 Å². The third kappa shape index (κ3) is 1.44. The maximum absolute atomic E-state index is 4.29. The lowest BCUT2D eigenvalue weighted by molar-refractivity contribution is 1.21. The first kappa shape index (κ1) is 9.83. The minimum Gasteiger partial charge on any atom is -0.263 e. The first-order valence-electron chi connectivity index (χ1n) is 5.53. The van der Waals surface area contributed by atoms with Crippen molar-refractivity contribution < 1.29 is 0 Å².